The van der Waals surface area contributed by atoms with Gasteiger partial charge >= 0.3 is 0 Å². The summed E-state index contributed by atoms with van der Waals surface area (Å²) in [6, 6.07) is 15.0. The largest absolute Gasteiger partial charge is 0.496 e. The molecule has 2 N–H and O–H groups in total. The van der Waals surface area contributed by atoms with Gasteiger partial charge in [0.15, 0.2) is 0 Å². The van der Waals surface area contributed by atoms with Gasteiger partial charge in [-0.25, -0.2) is 0 Å². The SMILES string of the molecule is COc1ccc(Cl)cc1C1CC1CNCCCCOc1ccc2ccc(=O)[nH]c2c1. The number of benzene rings is 2. The smallest absolute Gasteiger partial charge is 0.248 e. The highest BCUT2D eigenvalue weighted by atomic mass is 35.5. The van der Waals surface area contributed by atoms with Crippen molar-refractivity contribution in [2.45, 2.75) is 25.2 Å². The second kappa shape index (κ2) is 9.54. The van der Waals surface area contributed by atoms with Gasteiger partial charge in [-0.3, -0.25) is 4.79 Å². The summed E-state index contributed by atoms with van der Waals surface area (Å²) in [5.74, 6) is 2.90. The summed E-state index contributed by atoms with van der Waals surface area (Å²) in [7, 11) is 1.71. The number of aromatic nitrogens is 1. The third kappa shape index (κ3) is 5.15. The number of halogens is 1. The fourth-order valence-corrected chi connectivity index (χ4v) is 4.08. The maximum atomic E-state index is 11.4. The summed E-state index contributed by atoms with van der Waals surface area (Å²) in [6.07, 6.45) is 3.21. The van der Waals surface area contributed by atoms with E-state index < -0.39 is 0 Å². The molecule has 4 rings (SSSR count). The highest BCUT2D eigenvalue weighted by Gasteiger charge is 2.39. The van der Waals surface area contributed by atoms with Gasteiger partial charge in [0, 0.05) is 17.2 Å². The third-order valence-electron chi connectivity index (χ3n) is 5.63. The van der Waals surface area contributed by atoms with Crippen LogP contribution in [0.15, 0.2) is 53.3 Å². The summed E-state index contributed by atoms with van der Waals surface area (Å²) in [4.78, 5) is 14.3. The first-order valence-electron chi connectivity index (χ1n) is 10.4. The monoisotopic (exact) mass is 426 g/mol. The van der Waals surface area contributed by atoms with E-state index in [4.69, 9.17) is 21.1 Å². The standard InChI is InChI=1S/C24H27ClN2O3/c1-29-23-8-6-18(25)13-21(23)20-12-17(20)15-26-10-2-3-11-30-19-7-4-16-5-9-24(28)27-22(16)14-19/h4-9,13-14,17,20,26H,2-3,10-12,15H2,1H3,(H,27,28). The summed E-state index contributed by atoms with van der Waals surface area (Å²) >= 11 is 6.15. The van der Waals surface area contributed by atoms with Gasteiger partial charge in [0.2, 0.25) is 5.56 Å². The van der Waals surface area contributed by atoms with Crippen molar-refractivity contribution in [1.29, 1.82) is 0 Å². The van der Waals surface area contributed by atoms with Crippen molar-refractivity contribution in [2.24, 2.45) is 5.92 Å². The number of hydrogen-bond donors (Lipinski definition) is 2. The van der Waals surface area contributed by atoms with Crippen LogP contribution < -0.4 is 20.3 Å². The second-order valence-electron chi connectivity index (χ2n) is 7.82. The van der Waals surface area contributed by atoms with E-state index in [1.54, 1.807) is 7.11 Å². The average molecular weight is 427 g/mol. The number of ether oxygens (including phenoxy) is 2. The minimum absolute atomic E-state index is 0.0996. The molecule has 0 spiro atoms. The van der Waals surface area contributed by atoms with Crippen LogP contribution in [-0.4, -0.2) is 31.8 Å². The molecule has 2 atom stereocenters. The van der Waals surface area contributed by atoms with E-state index in [0.29, 0.717) is 18.4 Å². The molecule has 0 saturated heterocycles. The Kier molecular flexibility index (Phi) is 6.60. The number of methoxy groups -OCH3 is 1. The normalized spacial score (nSPS) is 17.8. The molecule has 1 fully saturated rings. The number of nitrogens with one attached hydrogen (secondary N) is 2. The molecule has 3 aromatic rings. The molecule has 2 unspecified atom stereocenters. The van der Waals surface area contributed by atoms with Gasteiger partial charge in [0.05, 0.1) is 19.2 Å². The summed E-state index contributed by atoms with van der Waals surface area (Å²) in [5, 5.41) is 5.33. The zero-order chi connectivity index (χ0) is 20.9. The molecule has 2 aromatic carbocycles. The number of hydrogen-bond acceptors (Lipinski definition) is 4. The van der Waals surface area contributed by atoms with Crippen LogP contribution in [0.5, 0.6) is 11.5 Å². The topological polar surface area (TPSA) is 63.4 Å². The molecule has 1 aromatic heterocycles. The molecule has 1 aliphatic rings. The molecule has 1 aliphatic carbocycles. The zero-order valence-electron chi connectivity index (χ0n) is 17.1. The molecule has 6 heteroatoms. The average Bonchev–Trinajstić information content (AvgIpc) is 3.52. The number of aromatic amines is 1. The van der Waals surface area contributed by atoms with Gasteiger partial charge in [0.1, 0.15) is 11.5 Å². The molecule has 1 saturated carbocycles. The van der Waals surface area contributed by atoms with Crippen molar-refractivity contribution < 1.29 is 9.47 Å². The third-order valence-corrected chi connectivity index (χ3v) is 5.87. The van der Waals surface area contributed by atoms with Crippen molar-refractivity contribution in [3.8, 4) is 11.5 Å². The van der Waals surface area contributed by atoms with Crippen molar-refractivity contribution in [3.63, 3.8) is 0 Å². The highest BCUT2D eigenvalue weighted by Crippen LogP contribution is 2.50. The van der Waals surface area contributed by atoms with Crippen LogP contribution in [-0.2, 0) is 0 Å². The number of pyridine rings is 1. The van der Waals surface area contributed by atoms with Crippen molar-refractivity contribution in [2.75, 3.05) is 26.8 Å². The molecule has 0 aliphatic heterocycles. The molecule has 0 radical (unpaired) electrons. The first-order chi connectivity index (χ1) is 14.6. The molecule has 158 valence electrons. The Bertz CT molecular complexity index is 1070. The first kappa shape index (κ1) is 20.8. The van der Waals surface area contributed by atoms with E-state index in [0.717, 1.165) is 53.4 Å². The fraction of sp³-hybridized carbons (Fsp3) is 0.375. The predicted molar refractivity (Wildman–Crippen MR) is 121 cm³/mol. The Hall–Kier alpha value is -2.50. The molecule has 0 amide bonds. The summed E-state index contributed by atoms with van der Waals surface area (Å²) < 4.78 is 11.3. The lowest BCUT2D eigenvalue weighted by atomic mass is 10.1. The predicted octanol–water partition coefficient (Wildman–Crippen LogP) is 4.74. The second-order valence-corrected chi connectivity index (χ2v) is 8.26. The lowest BCUT2D eigenvalue weighted by Crippen LogP contribution is -2.19. The lowest BCUT2D eigenvalue weighted by molar-refractivity contribution is 0.306. The quantitative estimate of drug-likeness (QED) is 0.459. The zero-order valence-corrected chi connectivity index (χ0v) is 17.9. The van der Waals surface area contributed by atoms with Crippen LogP contribution in [0.25, 0.3) is 10.9 Å². The summed E-state index contributed by atoms with van der Waals surface area (Å²) in [5.41, 5.74) is 1.93. The van der Waals surface area contributed by atoms with Gasteiger partial charge in [0.25, 0.3) is 0 Å². The van der Waals surface area contributed by atoms with E-state index in [2.05, 4.69) is 10.3 Å². The molecular formula is C24H27ClN2O3. The maximum Gasteiger partial charge on any atom is 0.248 e. The molecular weight excluding hydrogens is 400 g/mol. The van der Waals surface area contributed by atoms with Crippen LogP contribution >= 0.6 is 11.6 Å². The molecule has 5 nitrogen and oxygen atoms in total. The van der Waals surface area contributed by atoms with Crippen molar-refractivity contribution in [1.82, 2.24) is 10.3 Å². The molecule has 1 heterocycles. The van der Waals surface area contributed by atoms with E-state index in [9.17, 15) is 4.79 Å². The van der Waals surface area contributed by atoms with Crippen LogP contribution in [0.1, 0.15) is 30.7 Å². The number of rotatable bonds is 10. The molecule has 0 bridgehead atoms. The lowest BCUT2D eigenvalue weighted by Gasteiger charge is -2.10. The van der Waals surface area contributed by atoms with Crippen LogP contribution in [0.4, 0.5) is 0 Å². The van der Waals surface area contributed by atoms with Gasteiger partial charge < -0.3 is 19.8 Å². The van der Waals surface area contributed by atoms with Crippen molar-refractivity contribution in [3.05, 3.63) is 69.5 Å². The van der Waals surface area contributed by atoms with Gasteiger partial charge in [-0.2, -0.15) is 0 Å². The van der Waals surface area contributed by atoms with E-state index in [-0.39, 0.29) is 5.56 Å². The Morgan fingerprint density at radius 1 is 1.13 bits per heavy atom. The van der Waals surface area contributed by atoms with Gasteiger partial charge in [-0.05, 0) is 91.5 Å². The van der Waals surface area contributed by atoms with E-state index in [1.807, 2.05) is 42.5 Å². The minimum atomic E-state index is -0.0996. The first-order valence-corrected chi connectivity index (χ1v) is 10.8. The highest BCUT2D eigenvalue weighted by molar-refractivity contribution is 6.30. The number of H-pyrrole nitrogens is 1. The Labute approximate surface area is 181 Å². The minimum Gasteiger partial charge on any atom is -0.496 e. The Morgan fingerprint density at radius 3 is 2.87 bits per heavy atom. The van der Waals surface area contributed by atoms with Crippen LogP contribution in [0.2, 0.25) is 5.02 Å². The van der Waals surface area contributed by atoms with Crippen LogP contribution in [0, 0.1) is 5.92 Å². The van der Waals surface area contributed by atoms with Crippen LogP contribution in [0.3, 0.4) is 0 Å². The van der Waals surface area contributed by atoms with Gasteiger partial charge in [-0.15, -0.1) is 0 Å². The maximum absolute atomic E-state index is 11.4. The Morgan fingerprint density at radius 2 is 2.00 bits per heavy atom. The van der Waals surface area contributed by atoms with Crippen molar-refractivity contribution >= 4 is 22.5 Å². The fourth-order valence-electron chi connectivity index (χ4n) is 3.90. The van der Waals surface area contributed by atoms with Gasteiger partial charge in [-0.1, -0.05) is 11.6 Å². The number of fused-ring (bicyclic) bond motifs is 1. The molecule has 30 heavy (non-hydrogen) atoms. The van der Waals surface area contributed by atoms with E-state index in [1.165, 1.54) is 18.1 Å². The summed E-state index contributed by atoms with van der Waals surface area (Å²) in [6.45, 7) is 2.65. The van der Waals surface area contributed by atoms with E-state index >= 15 is 0 Å². The Balaban J connectivity index is 1.13. The number of unbranched alkanes of at least 4 members (excludes halogenated alkanes) is 1.